The van der Waals surface area contributed by atoms with Gasteiger partial charge in [0.2, 0.25) is 0 Å². The lowest BCUT2D eigenvalue weighted by Gasteiger charge is -1.98. The molecule has 72 valence electrons. The summed E-state index contributed by atoms with van der Waals surface area (Å²) in [4.78, 5) is 0. The van der Waals surface area contributed by atoms with E-state index in [1.54, 1.807) is 0 Å². The molecule has 1 fully saturated rings. The number of hydrogen-bond donors (Lipinski definition) is 1. The summed E-state index contributed by atoms with van der Waals surface area (Å²) < 4.78 is 5.02. The van der Waals surface area contributed by atoms with Gasteiger partial charge in [0.25, 0.3) is 0 Å². The Morgan fingerprint density at radius 1 is 1.15 bits per heavy atom. The summed E-state index contributed by atoms with van der Waals surface area (Å²) in [5.74, 6) is 0. The second kappa shape index (κ2) is 5.97. The summed E-state index contributed by atoms with van der Waals surface area (Å²) >= 11 is 5.52. The van der Waals surface area contributed by atoms with Crippen LogP contribution >= 0.6 is 11.6 Å². The average Bonchev–Trinajstić information content (AvgIpc) is 2.54. The molecule has 1 saturated heterocycles. The number of nitrogens with one attached hydrogen (secondary N) is 1. The zero-order valence-electron chi connectivity index (χ0n) is 7.61. The van der Waals surface area contributed by atoms with Gasteiger partial charge in [-0.05, 0) is 6.92 Å². The molecule has 1 heterocycles. The first-order chi connectivity index (χ1) is 6.29. The highest BCUT2D eigenvalue weighted by Crippen LogP contribution is 2.06. The van der Waals surface area contributed by atoms with Gasteiger partial charge in [-0.15, -0.1) is 0 Å². The highest BCUT2D eigenvalue weighted by Gasteiger charge is 2.16. The predicted octanol–water partition coefficient (Wildman–Crippen LogP) is 2.20. The van der Waals surface area contributed by atoms with E-state index in [9.17, 15) is 0 Å². The first-order valence-electron chi connectivity index (χ1n) is 4.32. The van der Waals surface area contributed by atoms with Crippen LogP contribution in [0.4, 0.5) is 0 Å². The summed E-state index contributed by atoms with van der Waals surface area (Å²) in [5.41, 5.74) is -0.116. The fourth-order valence-electron chi connectivity index (χ4n) is 0.961. The van der Waals surface area contributed by atoms with Crippen LogP contribution in [0.15, 0.2) is 36.4 Å². The van der Waals surface area contributed by atoms with E-state index in [0.29, 0.717) is 0 Å². The molecule has 0 saturated carbocycles. The monoisotopic (exact) mass is 199 g/mol. The first-order valence-corrected chi connectivity index (χ1v) is 4.75. The van der Waals surface area contributed by atoms with Gasteiger partial charge in [-0.3, -0.25) is 5.32 Å². The number of alkyl halides is 1. The lowest BCUT2D eigenvalue weighted by Crippen LogP contribution is -2.17. The maximum atomic E-state index is 5.52. The van der Waals surface area contributed by atoms with Crippen LogP contribution in [0.3, 0.4) is 0 Å². The molecule has 1 N–H and O–H groups in total. The van der Waals surface area contributed by atoms with Crippen LogP contribution in [0.25, 0.3) is 0 Å². The van der Waals surface area contributed by atoms with Crippen LogP contribution in [0.5, 0.6) is 0 Å². The van der Waals surface area contributed by atoms with Crippen LogP contribution < -0.4 is 5.32 Å². The van der Waals surface area contributed by atoms with E-state index in [2.05, 4.69) is 5.32 Å². The van der Waals surface area contributed by atoms with E-state index >= 15 is 0 Å². The van der Waals surface area contributed by atoms with Crippen molar-refractivity contribution in [3.8, 4) is 0 Å². The minimum Gasteiger partial charge on any atom is -0.343 e. The van der Waals surface area contributed by atoms with Crippen LogP contribution in [0.1, 0.15) is 6.92 Å². The van der Waals surface area contributed by atoms with E-state index in [1.807, 2.05) is 43.3 Å². The SMILES string of the molecule is CC1NCC(Cl)O1.c1ccccc1. The molecule has 2 nitrogen and oxygen atoms in total. The van der Waals surface area contributed by atoms with Gasteiger partial charge in [-0.1, -0.05) is 48.0 Å². The quantitative estimate of drug-likeness (QED) is 0.647. The molecule has 0 amide bonds. The molecule has 0 bridgehead atoms. The summed E-state index contributed by atoms with van der Waals surface area (Å²) in [6.45, 7) is 2.70. The van der Waals surface area contributed by atoms with E-state index in [-0.39, 0.29) is 11.8 Å². The van der Waals surface area contributed by atoms with Gasteiger partial charge in [-0.25, -0.2) is 0 Å². The first kappa shape index (κ1) is 10.5. The predicted molar refractivity (Wildman–Crippen MR) is 54.6 cm³/mol. The highest BCUT2D eigenvalue weighted by atomic mass is 35.5. The van der Waals surface area contributed by atoms with Gasteiger partial charge >= 0.3 is 0 Å². The Bertz CT molecular complexity index is 183. The van der Waals surface area contributed by atoms with E-state index in [4.69, 9.17) is 16.3 Å². The van der Waals surface area contributed by atoms with Gasteiger partial charge < -0.3 is 4.74 Å². The minimum atomic E-state index is -0.116. The molecule has 2 rings (SSSR count). The fourth-order valence-corrected chi connectivity index (χ4v) is 1.20. The van der Waals surface area contributed by atoms with Crippen molar-refractivity contribution >= 4 is 11.6 Å². The maximum absolute atomic E-state index is 5.52. The maximum Gasteiger partial charge on any atom is 0.145 e. The van der Waals surface area contributed by atoms with Gasteiger partial charge in [0.05, 0.1) is 0 Å². The average molecular weight is 200 g/mol. The molecule has 1 aromatic carbocycles. The van der Waals surface area contributed by atoms with Crippen molar-refractivity contribution in [2.75, 3.05) is 6.54 Å². The third-order valence-electron chi connectivity index (χ3n) is 1.58. The number of ether oxygens (including phenoxy) is 1. The van der Waals surface area contributed by atoms with Crippen molar-refractivity contribution in [2.45, 2.75) is 18.7 Å². The van der Waals surface area contributed by atoms with Gasteiger partial charge in [-0.2, -0.15) is 0 Å². The number of hydrogen-bond acceptors (Lipinski definition) is 2. The number of rotatable bonds is 0. The van der Waals surface area contributed by atoms with Crippen LogP contribution in [0.2, 0.25) is 0 Å². The lowest BCUT2D eigenvalue weighted by atomic mass is 10.4. The molecule has 1 aliphatic rings. The second-order valence-corrected chi connectivity index (χ2v) is 3.24. The molecule has 0 aliphatic carbocycles. The Morgan fingerprint density at radius 3 is 1.77 bits per heavy atom. The Balaban J connectivity index is 0.000000132. The summed E-state index contributed by atoms with van der Waals surface area (Å²) in [6, 6.07) is 12.0. The Morgan fingerprint density at radius 2 is 1.62 bits per heavy atom. The van der Waals surface area contributed by atoms with E-state index in [1.165, 1.54) is 0 Å². The molecule has 1 aliphatic heterocycles. The molecule has 2 unspecified atom stereocenters. The molecule has 0 radical (unpaired) electrons. The Hall–Kier alpha value is -0.570. The standard InChI is InChI=1S/C6H6.C4H8ClNO/c1-2-4-6-5-3-1;1-3-6-2-4(5)7-3/h1-6H;3-4,6H,2H2,1H3. The van der Waals surface area contributed by atoms with Crippen molar-refractivity contribution in [3.05, 3.63) is 36.4 Å². The van der Waals surface area contributed by atoms with E-state index in [0.717, 1.165) is 6.54 Å². The molecular formula is C10H14ClNO. The van der Waals surface area contributed by atoms with Crippen LogP contribution in [-0.2, 0) is 4.74 Å². The van der Waals surface area contributed by atoms with Crippen molar-refractivity contribution in [1.29, 1.82) is 0 Å². The highest BCUT2D eigenvalue weighted by molar-refractivity contribution is 6.20. The number of benzene rings is 1. The molecule has 0 spiro atoms. The number of halogens is 1. The smallest absolute Gasteiger partial charge is 0.145 e. The van der Waals surface area contributed by atoms with Crippen LogP contribution in [0, 0.1) is 0 Å². The molecular weight excluding hydrogens is 186 g/mol. The van der Waals surface area contributed by atoms with Gasteiger partial charge in [0, 0.05) is 6.54 Å². The zero-order valence-corrected chi connectivity index (χ0v) is 8.37. The Labute approximate surface area is 83.9 Å². The summed E-state index contributed by atoms with van der Waals surface area (Å²) in [6.07, 6.45) is 0.141. The third kappa shape index (κ3) is 4.88. The zero-order chi connectivity index (χ0) is 9.52. The minimum absolute atomic E-state index is 0.116. The normalized spacial score (nSPS) is 26.3. The Kier molecular flexibility index (Phi) is 4.83. The topological polar surface area (TPSA) is 21.3 Å². The van der Waals surface area contributed by atoms with Crippen molar-refractivity contribution in [2.24, 2.45) is 0 Å². The summed E-state index contributed by atoms with van der Waals surface area (Å²) in [5, 5.41) is 3.02. The summed E-state index contributed by atoms with van der Waals surface area (Å²) in [7, 11) is 0. The fraction of sp³-hybridized carbons (Fsp3) is 0.400. The van der Waals surface area contributed by atoms with E-state index < -0.39 is 0 Å². The molecule has 13 heavy (non-hydrogen) atoms. The lowest BCUT2D eigenvalue weighted by molar-refractivity contribution is 0.0951. The van der Waals surface area contributed by atoms with Crippen LogP contribution in [-0.4, -0.2) is 18.3 Å². The third-order valence-corrected chi connectivity index (χ3v) is 1.84. The molecule has 0 aromatic heterocycles. The van der Waals surface area contributed by atoms with Crippen molar-refractivity contribution in [3.63, 3.8) is 0 Å². The molecule has 1 aromatic rings. The van der Waals surface area contributed by atoms with Crippen molar-refractivity contribution in [1.82, 2.24) is 5.32 Å². The van der Waals surface area contributed by atoms with Crippen molar-refractivity contribution < 1.29 is 4.74 Å². The van der Waals surface area contributed by atoms with Gasteiger partial charge in [0.1, 0.15) is 11.8 Å². The van der Waals surface area contributed by atoms with Gasteiger partial charge in [0.15, 0.2) is 0 Å². The largest absolute Gasteiger partial charge is 0.343 e. The molecule has 2 atom stereocenters. The molecule has 3 heteroatoms. The second-order valence-electron chi connectivity index (χ2n) is 2.75.